The first kappa shape index (κ1) is 15.6. The number of fused-ring (bicyclic) bond motifs is 1. The molecule has 0 radical (unpaired) electrons. The van der Waals surface area contributed by atoms with E-state index in [1.807, 2.05) is 23.1 Å². The van der Waals surface area contributed by atoms with E-state index in [1.165, 1.54) is 6.92 Å². The minimum atomic E-state index is -0.0307. The number of likely N-dealkylation sites (tertiary alicyclic amines) is 1. The van der Waals surface area contributed by atoms with Crippen molar-refractivity contribution in [2.75, 3.05) is 26.4 Å². The molecule has 6 nitrogen and oxygen atoms in total. The van der Waals surface area contributed by atoms with E-state index in [9.17, 15) is 9.59 Å². The van der Waals surface area contributed by atoms with Gasteiger partial charge in [0.2, 0.25) is 18.6 Å². The van der Waals surface area contributed by atoms with Gasteiger partial charge in [-0.3, -0.25) is 9.59 Å². The van der Waals surface area contributed by atoms with Crippen LogP contribution < -0.4 is 9.47 Å². The minimum Gasteiger partial charge on any atom is -0.454 e. The molecule has 0 aromatic heterocycles. The van der Waals surface area contributed by atoms with Gasteiger partial charge in [-0.05, 0) is 30.5 Å². The van der Waals surface area contributed by atoms with Gasteiger partial charge in [-0.1, -0.05) is 6.07 Å². The Kier molecular flexibility index (Phi) is 4.69. The maximum atomic E-state index is 12.1. The number of carbonyl (C=O) groups excluding carboxylic acids is 2. The van der Waals surface area contributed by atoms with Gasteiger partial charge in [0.25, 0.3) is 0 Å². The molecule has 0 unspecified atom stereocenters. The van der Waals surface area contributed by atoms with Crippen LogP contribution in [0.5, 0.6) is 11.5 Å². The number of nitrogens with zero attached hydrogens (tertiary/aromatic N) is 2. The molecule has 2 aliphatic rings. The Bertz CT molecular complexity index is 596. The van der Waals surface area contributed by atoms with Crippen molar-refractivity contribution in [3.8, 4) is 11.5 Å². The summed E-state index contributed by atoms with van der Waals surface area (Å²) >= 11 is 0. The van der Waals surface area contributed by atoms with Crippen LogP contribution in [0.1, 0.15) is 31.7 Å². The fourth-order valence-corrected chi connectivity index (χ4v) is 2.96. The molecule has 2 heterocycles. The third-order valence-corrected chi connectivity index (χ3v) is 4.31. The van der Waals surface area contributed by atoms with Crippen molar-refractivity contribution >= 4 is 11.8 Å². The van der Waals surface area contributed by atoms with E-state index in [1.54, 1.807) is 4.90 Å². The Morgan fingerprint density at radius 2 is 1.91 bits per heavy atom. The maximum absolute atomic E-state index is 12.1. The van der Waals surface area contributed by atoms with Gasteiger partial charge in [0.05, 0.1) is 0 Å². The molecule has 124 valence electrons. The summed E-state index contributed by atoms with van der Waals surface area (Å²) in [6, 6.07) is 5.66. The van der Waals surface area contributed by atoms with Gasteiger partial charge < -0.3 is 19.3 Å². The number of rotatable bonds is 5. The molecule has 0 saturated carbocycles. The van der Waals surface area contributed by atoms with E-state index < -0.39 is 0 Å². The fraction of sp³-hybridized carbons (Fsp3) is 0.529. The van der Waals surface area contributed by atoms with Crippen LogP contribution in [0.25, 0.3) is 0 Å². The third-order valence-electron chi connectivity index (χ3n) is 4.31. The molecule has 0 spiro atoms. The third kappa shape index (κ3) is 3.75. The van der Waals surface area contributed by atoms with Crippen LogP contribution in [0, 0.1) is 0 Å². The molecular weight excluding hydrogens is 296 g/mol. The summed E-state index contributed by atoms with van der Waals surface area (Å²) in [5.41, 5.74) is 0.970. The molecule has 6 heteroatoms. The highest BCUT2D eigenvalue weighted by molar-refractivity contribution is 5.78. The summed E-state index contributed by atoms with van der Waals surface area (Å²) in [7, 11) is 0. The van der Waals surface area contributed by atoms with E-state index in [4.69, 9.17) is 9.47 Å². The quantitative estimate of drug-likeness (QED) is 0.830. The lowest BCUT2D eigenvalue weighted by Gasteiger charge is -2.23. The first-order chi connectivity index (χ1) is 11.1. The number of benzene rings is 1. The summed E-state index contributed by atoms with van der Waals surface area (Å²) in [6.45, 7) is 4.38. The van der Waals surface area contributed by atoms with Gasteiger partial charge in [0, 0.05) is 39.5 Å². The Labute approximate surface area is 136 Å². The first-order valence-corrected chi connectivity index (χ1v) is 8.05. The summed E-state index contributed by atoms with van der Waals surface area (Å²) in [4.78, 5) is 27.6. The highest BCUT2D eigenvalue weighted by atomic mass is 16.7. The molecule has 0 aliphatic carbocycles. The molecule has 23 heavy (non-hydrogen) atoms. The lowest BCUT2D eigenvalue weighted by molar-refractivity contribution is -0.133. The van der Waals surface area contributed by atoms with Crippen LogP contribution in [0.3, 0.4) is 0 Å². The zero-order chi connectivity index (χ0) is 16.2. The van der Waals surface area contributed by atoms with Crippen molar-refractivity contribution in [3.63, 3.8) is 0 Å². The predicted molar refractivity (Wildman–Crippen MR) is 84.1 cm³/mol. The standard InChI is InChI=1S/C17H22N2O4/c1-13(20)19(9-6-17(21)18-7-2-3-8-18)11-14-4-5-15-16(10-14)23-12-22-15/h4-5,10H,2-3,6-9,11-12H2,1H3. The van der Waals surface area contributed by atoms with E-state index in [-0.39, 0.29) is 18.6 Å². The normalized spacial score (nSPS) is 15.8. The second-order valence-corrected chi connectivity index (χ2v) is 5.97. The summed E-state index contributed by atoms with van der Waals surface area (Å²) in [5, 5.41) is 0. The zero-order valence-electron chi connectivity index (χ0n) is 13.4. The Morgan fingerprint density at radius 1 is 1.17 bits per heavy atom. The van der Waals surface area contributed by atoms with Gasteiger partial charge in [-0.15, -0.1) is 0 Å². The zero-order valence-corrected chi connectivity index (χ0v) is 13.4. The molecular formula is C17H22N2O4. The highest BCUT2D eigenvalue weighted by Gasteiger charge is 2.20. The van der Waals surface area contributed by atoms with Gasteiger partial charge in [0.1, 0.15) is 0 Å². The molecule has 0 N–H and O–H groups in total. The van der Waals surface area contributed by atoms with Gasteiger partial charge in [-0.25, -0.2) is 0 Å². The molecule has 1 fully saturated rings. The summed E-state index contributed by atoms with van der Waals surface area (Å²) in [5.74, 6) is 1.54. The van der Waals surface area contributed by atoms with Crippen LogP contribution in [0.2, 0.25) is 0 Å². The smallest absolute Gasteiger partial charge is 0.231 e. The fourth-order valence-electron chi connectivity index (χ4n) is 2.96. The molecule has 2 amide bonds. The van der Waals surface area contributed by atoms with Crippen molar-refractivity contribution < 1.29 is 19.1 Å². The number of amides is 2. The molecule has 0 atom stereocenters. The van der Waals surface area contributed by atoms with Crippen LogP contribution in [-0.4, -0.2) is 48.0 Å². The first-order valence-electron chi connectivity index (χ1n) is 8.05. The maximum Gasteiger partial charge on any atom is 0.231 e. The van der Waals surface area contributed by atoms with E-state index in [0.717, 1.165) is 37.2 Å². The lowest BCUT2D eigenvalue weighted by atomic mass is 10.2. The van der Waals surface area contributed by atoms with Crippen molar-refractivity contribution in [3.05, 3.63) is 23.8 Å². The number of ether oxygens (including phenoxy) is 2. The van der Waals surface area contributed by atoms with Crippen molar-refractivity contribution in [2.24, 2.45) is 0 Å². The molecule has 1 aromatic carbocycles. The summed E-state index contributed by atoms with van der Waals surface area (Å²) < 4.78 is 10.6. The van der Waals surface area contributed by atoms with Crippen molar-refractivity contribution in [2.45, 2.75) is 32.7 Å². The molecule has 0 bridgehead atoms. The molecule has 1 saturated heterocycles. The van der Waals surface area contributed by atoms with Gasteiger partial charge >= 0.3 is 0 Å². The minimum absolute atomic E-state index is 0.0307. The number of hydrogen-bond donors (Lipinski definition) is 0. The number of carbonyl (C=O) groups is 2. The monoisotopic (exact) mass is 318 g/mol. The predicted octanol–water partition coefficient (Wildman–Crippen LogP) is 1.78. The van der Waals surface area contributed by atoms with E-state index in [2.05, 4.69) is 0 Å². The van der Waals surface area contributed by atoms with Crippen LogP contribution in [-0.2, 0) is 16.1 Å². The summed E-state index contributed by atoms with van der Waals surface area (Å²) in [6.07, 6.45) is 2.54. The second kappa shape index (κ2) is 6.89. The average molecular weight is 318 g/mol. The Hall–Kier alpha value is -2.24. The van der Waals surface area contributed by atoms with Crippen LogP contribution in [0.4, 0.5) is 0 Å². The number of hydrogen-bond acceptors (Lipinski definition) is 4. The molecule has 1 aromatic rings. The topological polar surface area (TPSA) is 59.1 Å². The Balaban J connectivity index is 1.58. The van der Waals surface area contributed by atoms with Crippen molar-refractivity contribution in [1.29, 1.82) is 0 Å². The highest BCUT2D eigenvalue weighted by Crippen LogP contribution is 2.32. The average Bonchev–Trinajstić information content (AvgIpc) is 3.21. The van der Waals surface area contributed by atoms with Crippen molar-refractivity contribution in [1.82, 2.24) is 9.80 Å². The lowest BCUT2D eigenvalue weighted by Crippen LogP contribution is -2.34. The second-order valence-electron chi connectivity index (χ2n) is 5.97. The SMILES string of the molecule is CC(=O)N(CCC(=O)N1CCCC1)Cc1ccc2c(c1)OCO2. The van der Waals surface area contributed by atoms with E-state index in [0.29, 0.717) is 25.3 Å². The Morgan fingerprint density at radius 3 is 2.65 bits per heavy atom. The van der Waals surface area contributed by atoms with Crippen LogP contribution >= 0.6 is 0 Å². The molecule has 3 rings (SSSR count). The molecule has 2 aliphatic heterocycles. The van der Waals surface area contributed by atoms with Gasteiger partial charge in [-0.2, -0.15) is 0 Å². The van der Waals surface area contributed by atoms with Crippen LogP contribution in [0.15, 0.2) is 18.2 Å². The van der Waals surface area contributed by atoms with Gasteiger partial charge in [0.15, 0.2) is 11.5 Å². The van der Waals surface area contributed by atoms with E-state index >= 15 is 0 Å². The largest absolute Gasteiger partial charge is 0.454 e.